The van der Waals surface area contributed by atoms with E-state index < -0.39 is 24.0 Å². The molecule has 94 valence electrons. The molecule has 7 heteroatoms. The van der Waals surface area contributed by atoms with Gasteiger partial charge >= 0.3 is 0 Å². The molecule has 1 unspecified atom stereocenters. The maximum absolute atomic E-state index is 12.1. The second-order valence-electron chi connectivity index (χ2n) is 3.51. The Morgan fingerprint density at radius 1 is 1.53 bits per heavy atom. The van der Waals surface area contributed by atoms with Gasteiger partial charge in [-0.25, -0.2) is 8.78 Å². The Morgan fingerprint density at radius 2 is 2.18 bits per heavy atom. The standard InChI is InChI=1S/C10H12F2N2O3/c1-6-3-2-4-7(14(16)17)9(6)13-5-8(15)10(11)12/h2-4,8,10,13,15H,5H2,1H3. The molecular formula is C10H12F2N2O3. The van der Waals surface area contributed by atoms with Crippen molar-refractivity contribution in [2.45, 2.75) is 19.5 Å². The zero-order valence-electron chi connectivity index (χ0n) is 9.06. The zero-order valence-corrected chi connectivity index (χ0v) is 9.06. The van der Waals surface area contributed by atoms with Gasteiger partial charge in [-0.1, -0.05) is 12.1 Å². The highest BCUT2D eigenvalue weighted by Gasteiger charge is 2.20. The molecule has 17 heavy (non-hydrogen) atoms. The van der Waals surface area contributed by atoms with E-state index in [0.717, 1.165) is 0 Å². The van der Waals surface area contributed by atoms with Crippen molar-refractivity contribution in [3.63, 3.8) is 0 Å². The van der Waals surface area contributed by atoms with Crippen molar-refractivity contribution in [3.05, 3.63) is 33.9 Å². The van der Waals surface area contributed by atoms with Gasteiger partial charge in [0.15, 0.2) is 0 Å². The number of aliphatic hydroxyl groups is 1. The summed E-state index contributed by atoms with van der Waals surface area (Å²) < 4.78 is 24.1. The first-order chi connectivity index (χ1) is 7.93. The van der Waals surface area contributed by atoms with E-state index in [1.807, 2.05) is 0 Å². The normalized spacial score (nSPS) is 12.5. The van der Waals surface area contributed by atoms with Crippen LogP contribution < -0.4 is 5.32 Å². The summed E-state index contributed by atoms with van der Waals surface area (Å²) >= 11 is 0. The number of rotatable bonds is 5. The molecule has 0 saturated carbocycles. The number of para-hydroxylation sites is 1. The lowest BCUT2D eigenvalue weighted by Crippen LogP contribution is -2.27. The number of benzene rings is 1. The summed E-state index contributed by atoms with van der Waals surface area (Å²) in [4.78, 5) is 10.1. The second-order valence-corrected chi connectivity index (χ2v) is 3.51. The lowest BCUT2D eigenvalue weighted by Gasteiger charge is -2.13. The van der Waals surface area contributed by atoms with E-state index in [9.17, 15) is 18.9 Å². The summed E-state index contributed by atoms with van der Waals surface area (Å²) in [7, 11) is 0. The first kappa shape index (κ1) is 13.3. The maximum atomic E-state index is 12.1. The predicted octanol–water partition coefficient (Wildman–Crippen LogP) is 1.94. The van der Waals surface area contributed by atoms with E-state index in [0.29, 0.717) is 5.56 Å². The average molecular weight is 246 g/mol. The van der Waals surface area contributed by atoms with Gasteiger partial charge in [0.2, 0.25) is 0 Å². The van der Waals surface area contributed by atoms with Crippen molar-refractivity contribution in [2.75, 3.05) is 11.9 Å². The molecular weight excluding hydrogens is 234 g/mol. The number of aliphatic hydroxyl groups excluding tert-OH is 1. The van der Waals surface area contributed by atoms with Crippen molar-refractivity contribution < 1.29 is 18.8 Å². The molecule has 0 aliphatic heterocycles. The van der Waals surface area contributed by atoms with Crippen molar-refractivity contribution >= 4 is 11.4 Å². The van der Waals surface area contributed by atoms with Crippen LogP contribution in [-0.2, 0) is 0 Å². The van der Waals surface area contributed by atoms with E-state index in [-0.39, 0.29) is 11.4 Å². The van der Waals surface area contributed by atoms with Crippen molar-refractivity contribution in [3.8, 4) is 0 Å². The average Bonchev–Trinajstić information content (AvgIpc) is 2.26. The van der Waals surface area contributed by atoms with Gasteiger partial charge in [0, 0.05) is 12.6 Å². The summed E-state index contributed by atoms with van der Waals surface area (Å²) in [5, 5.41) is 22.1. The highest BCUT2D eigenvalue weighted by molar-refractivity contribution is 5.65. The van der Waals surface area contributed by atoms with Gasteiger partial charge in [0.05, 0.1) is 4.92 Å². The quantitative estimate of drug-likeness (QED) is 0.615. The van der Waals surface area contributed by atoms with Crippen LogP contribution in [0.25, 0.3) is 0 Å². The van der Waals surface area contributed by atoms with Gasteiger partial charge < -0.3 is 10.4 Å². The molecule has 0 fully saturated rings. The molecule has 0 aliphatic carbocycles. The minimum atomic E-state index is -2.88. The molecule has 1 aromatic rings. The molecule has 0 bridgehead atoms. The topological polar surface area (TPSA) is 75.4 Å². The molecule has 5 nitrogen and oxygen atoms in total. The Labute approximate surface area is 96.2 Å². The van der Waals surface area contributed by atoms with E-state index in [4.69, 9.17) is 5.11 Å². The number of alkyl halides is 2. The summed E-state index contributed by atoms with van der Waals surface area (Å²) in [5.74, 6) is 0. The first-order valence-electron chi connectivity index (χ1n) is 4.87. The van der Waals surface area contributed by atoms with Crippen LogP contribution in [0.3, 0.4) is 0 Å². The molecule has 0 amide bonds. The van der Waals surface area contributed by atoms with Crippen LogP contribution in [0.5, 0.6) is 0 Å². The Hall–Kier alpha value is -1.76. The number of hydrogen-bond donors (Lipinski definition) is 2. The molecule has 0 aromatic heterocycles. The number of nitrogens with zero attached hydrogens (tertiary/aromatic N) is 1. The second kappa shape index (κ2) is 5.53. The predicted molar refractivity (Wildman–Crippen MR) is 58.3 cm³/mol. The largest absolute Gasteiger partial charge is 0.385 e. The highest BCUT2D eigenvalue weighted by Crippen LogP contribution is 2.27. The lowest BCUT2D eigenvalue weighted by molar-refractivity contribution is -0.384. The Kier molecular flexibility index (Phi) is 4.33. The number of nitro groups is 1. The number of anilines is 1. The Balaban J connectivity index is 2.86. The Bertz CT molecular complexity index is 413. The minimum absolute atomic E-state index is 0.150. The van der Waals surface area contributed by atoms with Crippen LogP contribution in [0.4, 0.5) is 20.2 Å². The van der Waals surface area contributed by atoms with Crippen LogP contribution in [0, 0.1) is 17.0 Å². The number of hydrogen-bond acceptors (Lipinski definition) is 4. The van der Waals surface area contributed by atoms with Crippen molar-refractivity contribution in [2.24, 2.45) is 0 Å². The van der Waals surface area contributed by atoms with Crippen LogP contribution in [0.2, 0.25) is 0 Å². The molecule has 2 N–H and O–H groups in total. The molecule has 1 rings (SSSR count). The van der Waals surface area contributed by atoms with E-state index in [1.165, 1.54) is 12.1 Å². The molecule has 0 radical (unpaired) electrons. The SMILES string of the molecule is Cc1cccc([N+](=O)[O-])c1NCC(O)C(F)F. The summed E-state index contributed by atoms with van der Waals surface area (Å²) in [6.07, 6.45) is -4.74. The molecule has 0 aliphatic rings. The van der Waals surface area contributed by atoms with E-state index in [2.05, 4.69) is 5.32 Å². The van der Waals surface area contributed by atoms with Gasteiger partial charge in [0.25, 0.3) is 12.1 Å². The van der Waals surface area contributed by atoms with Gasteiger partial charge in [-0.15, -0.1) is 0 Å². The molecule has 0 spiro atoms. The monoisotopic (exact) mass is 246 g/mol. The summed E-state index contributed by atoms with van der Waals surface area (Å²) in [5.41, 5.74) is 0.504. The van der Waals surface area contributed by atoms with Gasteiger partial charge in [-0.2, -0.15) is 0 Å². The number of nitro benzene ring substituents is 1. The third-order valence-electron chi connectivity index (χ3n) is 2.23. The molecule has 0 saturated heterocycles. The van der Waals surface area contributed by atoms with Gasteiger partial charge in [-0.3, -0.25) is 10.1 Å². The van der Waals surface area contributed by atoms with Crippen LogP contribution in [-0.4, -0.2) is 29.1 Å². The van der Waals surface area contributed by atoms with Crippen LogP contribution >= 0.6 is 0 Å². The molecule has 1 aromatic carbocycles. The number of nitrogens with one attached hydrogen (secondary N) is 1. The van der Waals surface area contributed by atoms with E-state index >= 15 is 0 Å². The highest BCUT2D eigenvalue weighted by atomic mass is 19.3. The third-order valence-corrected chi connectivity index (χ3v) is 2.23. The lowest BCUT2D eigenvalue weighted by atomic mass is 10.1. The smallest absolute Gasteiger partial charge is 0.292 e. The Morgan fingerprint density at radius 3 is 2.71 bits per heavy atom. The van der Waals surface area contributed by atoms with E-state index in [1.54, 1.807) is 13.0 Å². The summed E-state index contributed by atoms with van der Waals surface area (Å²) in [6, 6.07) is 4.39. The number of aryl methyl sites for hydroxylation is 1. The number of halogens is 2. The van der Waals surface area contributed by atoms with Gasteiger partial charge in [0.1, 0.15) is 11.8 Å². The fourth-order valence-corrected chi connectivity index (χ4v) is 1.33. The fourth-order valence-electron chi connectivity index (χ4n) is 1.33. The molecule has 1 atom stereocenters. The molecule has 0 heterocycles. The fraction of sp³-hybridized carbons (Fsp3) is 0.400. The minimum Gasteiger partial charge on any atom is -0.385 e. The first-order valence-corrected chi connectivity index (χ1v) is 4.87. The van der Waals surface area contributed by atoms with Crippen molar-refractivity contribution in [1.29, 1.82) is 0 Å². The zero-order chi connectivity index (χ0) is 13.0. The van der Waals surface area contributed by atoms with Crippen LogP contribution in [0.1, 0.15) is 5.56 Å². The van der Waals surface area contributed by atoms with Gasteiger partial charge in [-0.05, 0) is 12.5 Å². The van der Waals surface area contributed by atoms with Crippen molar-refractivity contribution in [1.82, 2.24) is 0 Å². The van der Waals surface area contributed by atoms with Crippen LogP contribution in [0.15, 0.2) is 18.2 Å². The third kappa shape index (κ3) is 3.35. The summed E-state index contributed by atoms with van der Waals surface area (Å²) in [6.45, 7) is 1.17. The maximum Gasteiger partial charge on any atom is 0.292 e.